The van der Waals surface area contributed by atoms with Gasteiger partial charge in [-0.25, -0.2) is 0 Å². The summed E-state index contributed by atoms with van der Waals surface area (Å²) < 4.78 is 21.7. The molecule has 0 bridgehead atoms. The van der Waals surface area contributed by atoms with Gasteiger partial charge in [0.05, 0.1) is 14.2 Å². The SMILES string of the molecule is COc1ccc(CCCNC(=S)Nc2ccc3c(c2)OCCO3)cc1OC. The Morgan fingerprint density at radius 3 is 2.56 bits per heavy atom. The van der Waals surface area contributed by atoms with Crippen molar-refractivity contribution >= 4 is 23.0 Å². The highest BCUT2D eigenvalue weighted by atomic mass is 32.1. The van der Waals surface area contributed by atoms with E-state index >= 15 is 0 Å². The van der Waals surface area contributed by atoms with Crippen LogP contribution in [0.15, 0.2) is 36.4 Å². The summed E-state index contributed by atoms with van der Waals surface area (Å²) in [5, 5.41) is 6.98. The second-order valence-electron chi connectivity index (χ2n) is 6.03. The van der Waals surface area contributed by atoms with E-state index < -0.39 is 0 Å². The molecule has 6 nitrogen and oxygen atoms in total. The molecule has 27 heavy (non-hydrogen) atoms. The summed E-state index contributed by atoms with van der Waals surface area (Å²) in [5.41, 5.74) is 2.07. The Hall–Kier alpha value is -2.67. The van der Waals surface area contributed by atoms with Gasteiger partial charge in [-0.15, -0.1) is 0 Å². The van der Waals surface area contributed by atoms with Crippen LogP contribution < -0.4 is 29.6 Å². The van der Waals surface area contributed by atoms with Crippen LogP contribution in [0.4, 0.5) is 5.69 Å². The third-order valence-electron chi connectivity index (χ3n) is 4.18. The lowest BCUT2D eigenvalue weighted by Crippen LogP contribution is -2.29. The molecule has 2 N–H and O–H groups in total. The van der Waals surface area contributed by atoms with Crippen LogP contribution in [0.5, 0.6) is 23.0 Å². The van der Waals surface area contributed by atoms with Gasteiger partial charge in [-0.05, 0) is 54.9 Å². The minimum Gasteiger partial charge on any atom is -0.493 e. The Morgan fingerprint density at radius 2 is 1.78 bits per heavy atom. The van der Waals surface area contributed by atoms with Crippen molar-refractivity contribution in [3.63, 3.8) is 0 Å². The van der Waals surface area contributed by atoms with Crippen molar-refractivity contribution in [2.45, 2.75) is 12.8 Å². The molecule has 2 aromatic rings. The number of ether oxygens (including phenoxy) is 4. The van der Waals surface area contributed by atoms with E-state index in [0.29, 0.717) is 18.3 Å². The zero-order valence-corrected chi connectivity index (χ0v) is 16.4. The maximum Gasteiger partial charge on any atom is 0.170 e. The molecule has 2 aromatic carbocycles. The minimum absolute atomic E-state index is 0.565. The molecule has 0 fully saturated rings. The predicted molar refractivity (Wildman–Crippen MR) is 110 cm³/mol. The number of rotatable bonds is 7. The van der Waals surface area contributed by atoms with Gasteiger partial charge in [-0.1, -0.05) is 6.07 Å². The number of thiocarbonyl (C=S) groups is 1. The Kier molecular flexibility index (Phi) is 6.59. The van der Waals surface area contributed by atoms with Crippen LogP contribution in [-0.2, 0) is 6.42 Å². The highest BCUT2D eigenvalue weighted by molar-refractivity contribution is 7.80. The van der Waals surface area contributed by atoms with Crippen molar-refractivity contribution < 1.29 is 18.9 Å². The molecule has 0 saturated heterocycles. The highest BCUT2D eigenvalue weighted by Gasteiger charge is 2.12. The van der Waals surface area contributed by atoms with Crippen molar-refractivity contribution in [2.75, 3.05) is 39.3 Å². The van der Waals surface area contributed by atoms with Crippen LogP contribution in [0.3, 0.4) is 0 Å². The number of aryl methyl sites for hydroxylation is 1. The molecular weight excluding hydrogens is 364 g/mol. The first-order valence-electron chi connectivity index (χ1n) is 8.85. The molecule has 1 heterocycles. The number of benzene rings is 2. The Labute approximate surface area is 164 Å². The Morgan fingerprint density at radius 1 is 1.00 bits per heavy atom. The van der Waals surface area contributed by atoms with Crippen molar-refractivity contribution in [1.29, 1.82) is 0 Å². The zero-order valence-electron chi connectivity index (χ0n) is 15.5. The van der Waals surface area contributed by atoms with Gasteiger partial charge in [0, 0.05) is 18.3 Å². The van der Waals surface area contributed by atoms with Gasteiger partial charge in [0.15, 0.2) is 28.1 Å². The topological polar surface area (TPSA) is 61.0 Å². The van der Waals surface area contributed by atoms with Crippen molar-refractivity contribution in [2.24, 2.45) is 0 Å². The average molecular weight is 388 g/mol. The summed E-state index contributed by atoms with van der Waals surface area (Å²) >= 11 is 5.36. The maximum atomic E-state index is 5.58. The van der Waals surface area contributed by atoms with Gasteiger partial charge in [0.1, 0.15) is 13.2 Å². The first-order valence-corrected chi connectivity index (χ1v) is 9.26. The molecule has 144 valence electrons. The maximum absolute atomic E-state index is 5.58. The first kappa shape index (κ1) is 19.1. The molecule has 1 aliphatic rings. The fourth-order valence-electron chi connectivity index (χ4n) is 2.83. The summed E-state index contributed by atoms with van der Waals surface area (Å²) in [6.07, 6.45) is 1.86. The normalized spacial score (nSPS) is 12.2. The highest BCUT2D eigenvalue weighted by Crippen LogP contribution is 2.32. The van der Waals surface area contributed by atoms with Gasteiger partial charge in [0.25, 0.3) is 0 Å². The van der Waals surface area contributed by atoms with Crippen LogP contribution in [0.2, 0.25) is 0 Å². The van der Waals surface area contributed by atoms with E-state index in [2.05, 4.69) is 10.6 Å². The number of hydrogen-bond donors (Lipinski definition) is 2. The number of fused-ring (bicyclic) bond motifs is 1. The standard InChI is InChI=1S/C20H24N2O4S/c1-23-16-7-5-14(12-18(16)24-2)4-3-9-21-20(27)22-15-6-8-17-19(13-15)26-11-10-25-17/h5-8,12-13H,3-4,9-11H2,1-2H3,(H2,21,22,27). The molecule has 0 amide bonds. The smallest absolute Gasteiger partial charge is 0.170 e. The van der Waals surface area contributed by atoms with E-state index in [1.165, 1.54) is 5.56 Å². The fraction of sp³-hybridized carbons (Fsp3) is 0.350. The van der Waals surface area contributed by atoms with E-state index in [4.69, 9.17) is 31.2 Å². The predicted octanol–water partition coefficient (Wildman–Crippen LogP) is 3.39. The second kappa shape index (κ2) is 9.32. The van der Waals surface area contributed by atoms with E-state index in [9.17, 15) is 0 Å². The van der Waals surface area contributed by atoms with Crippen molar-refractivity contribution in [3.05, 3.63) is 42.0 Å². The molecular formula is C20H24N2O4S. The Bertz CT molecular complexity index is 798. The molecule has 1 aliphatic heterocycles. The van der Waals surface area contributed by atoms with Crippen LogP contribution in [0.25, 0.3) is 0 Å². The van der Waals surface area contributed by atoms with E-state index in [1.807, 2.05) is 36.4 Å². The van der Waals surface area contributed by atoms with E-state index in [1.54, 1.807) is 14.2 Å². The number of nitrogens with one attached hydrogen (secondary N) is 2. The molecule has 0 aromatic heterocycles. The van der Waals surface area contributed by atoms with Crippen LogP contribution in [-0.4, -0.2) is 39.1 Å². The number of anilines is 1. The number of hydrogen-bond acceptors (Lipinski definition) is 5. The molecule has 7 heteroatoms. The lowest BCUT2D eigenvalue weighted by molar-refractivity contribution is 0.171. The lowest BCUT2D eigenvalue weighted by Gasteiger charge is -2.19. The summed E-state index contributed by atoms with van der Waals surface area (Å²) in [7, 11) is 3.28. The fourth-order valence-corrected chi connectivity index (χ4v) is 3.05. The summed E-state index contributed by atoms with van der Waals surface area (Å²) in [6.45, 7) is 1.92. The van der Waals surface area contributed by atoms with Gasteiger partial charge in [0.2, 0.25) is 0 Å². The quantitative estimate of drug-likeness (QED) is 0.557. The summed E-state index contributed by atoms with van der Waals surface area (Å²) in [4.78, 5) is 0. The van der Waals surface area contributed by atoms with Crippen LogP contribution >= 0.6 is 12.2 Å². The van der Waals surface area contributed by atoms with Crippen molar-refractivity contribution in [3.8, 4) is 23.0 Å². The van der Waals surface area contributed by atoms with Gasteiger partial charge in [-0.2, -0.15) is 0 Å². The largest absolute Gasteiger partial charge is 0.493 e. The zero-order chi connectivity index (χ0) is 19.1. The summed E-state index contributed by atoms with van der Waals surface area (Å²) in [6, 6.07) is 11.7. The van der Waals surface area contributed by atoms with E-state index in [0.717, 1.165) is 48.1 Å². The van der Waals surface area contributed by atoms with Gasteiger partial charge in [-0.3, -0.25) is 0 Å². The molecule has 0 spiro atoms. The molecule has 0 unspecified atom stereocenters. The molecule has 0 aliphatic carbocycles. The molecule has 0 radical (unpaired) electrons. The third-order valence-corrected chi connectivity index (χ3v) is 4.42. The van der Waals surface area contributed by atoms with Crippen molar-refractivity contribution in [1.82, 2.24) is 5.32 Å². The monoisotopic (exact) mass is 388 g/mol. The van der Waals surface area contributed by atoms with E-state index in [-0.39, 0.29) is 0 Å². The molecule has 0 saturated carbocycles. The molecule has 3 rings (SSSR count). The Balaban J connectivity index is 1.43. The van der Waals surface area contributed by atoms with Crippen LogP contribution in [0, 0.1) is 0 Å². The number of methoxy groups -OCH3 is 2. The first-order chi connectivity index (χ1) is 13.2. The van der Waals surface area contributed by atoms with Crippen LogP contribution in [0.1, 0.15) is 12.0 Å². The summed E-state index contributed by atoms with van der Waals surface area (Å²) in [5.74, 6) is 2.99. The minimum atomic E-state index is 0.565. The third kappa shape index (κ3) is 5.17. The van der Waals surface area contributed by atoms with Gasteiger partial charge < -0.3 is 29.6 Å². The molecule has 0 atom stereocenters. The second-order valence-corrected chi connectivity index (χ2v) is 6.44. The average Bonchev–Trinajstić information content (AvgIpc) is 2.71. The lowest BCUT2D eigenvalue weighted by atomic mass is 10.1. The van der Waals surface area contributed by atoms with Gasteiger partial charge >= 0.3 is 0 Å².